The first-order valence-corrected chi connectivity index (χ1v) is 4.31. The van der Waals surface area contributed by atoms with Crippen LogP contribution in [0.15, 0.2) is 0 Å². The molecule has 0 fully saturated rings. The fourth-order valence-corrected chi connectivity index (χ4v) is 0.793. The van der Waals surface area contributed by atoms with E-state index in [0.717, 1.165) is 0 Å². The predicted molar refractivity (Wildman–Crippen MR) is 47.4 cm³/mol. The summed E-state index contributed by atoms with van der Waals surface area (Å²) in [5, 5.41) is 0. The maximum Gasteiger partial charge on any atom is 0.305 e. The lowest BCUT2D eigenvalue weighted by molar-refractivity contribution is -0.145. The molecule has 76 valence electrons. The minimum Gasteiger partial charge on any atom is -0.463 e. The zero-order valence-electron chi connectivity index (χ0n) is 8.17. The third-order valence-corrected chi connectivity index (χ3v) is 1.46. The smallest absolute Gasteiger partial charge is 0.305 e. The van der Waals surface area contributed by atoms with Crippen molar-refractivity contribution in [2.24, 2.45) is 0 Å². The molecule has 0 aliphatic rings. The molecule has 0 aliphatic heterocycles. The zero-order chi connectivity index (χ0) is 10.1. The normalized spacial score (nSPS) is 9.69. The molecule has 0 aromatic heterocycles. The first kappa shape index (κ1) is 12.1. The van der Waals surface area contributed by atoms with Crippen LogP contribution in [0.25, 0.3) is 0 Å². The fraction of sp³-hybridized carbons (Fsp3) is 0.778. The molecule has 0 N–H and O–H groups in total. The Morgan fingerprint density at radius 3 is 2.38 bits per heavy atom. The van der Waals surface area contributed by atoms with Crippen LogP contribution in [0.1, 0.15) is 26.2 Å². The molecule has 0 atom stereocenters. The van der Waals surface area contributed by atoms with Crippen LogP contribution in [0, 0.1) is 0 Å². The van der Waals surface area contributed by atoms with E-state index in [2.05, 4.69) is 0 Å². The van der Waals surface area contributed by atoms with Gasteiger partial charge in [-0.25, -0.2) is 0 Å². The molecule has 4 heteroatoms. The number of esters is 1. The Bertz CT molecular complexity index is 165. The zero-order valence-corrected chi connectivity index (χ0v) is 8.17. The highest BCUT2D eigenvalue weighted by molar-refractivity contribution is 5.76. The van der Waals surface area contributed by atoms with E-state index in [1.54, 1.807) is 7.11 Å². The Hall–Kier alpha value is -0.900. The van der Waals surface area contributed by atoms with Crippen LogP contribution in [-0.2, 0) is 19.1 Å². The van der Waals surface area contributed by atoms with Gasteiger partial charge in [-0.2, -0.15) is 0 Å². The van der Waals surface area contributed by atoms with Crippen molar-refractivity contribution in [3.8, 4) is 0 Å². The molecule has 0 bridgehead atoms. The van der Waals surface area contributed by atoms with Gasteiger partial charge in [-0.3, -0.25) is 4.79 Å². The molecule has 0 aromatic rings. The van der Waals surface area contributed by atoms with Crippen LogP contribution in [0.5, 0.6) is 0 Å². The number of Topliss-reactive ketones (excluding diaryl/α,β-unsaturated/α-hetero) is 1. The Labute approximate surface area is 78.2 Å². The van der Waals surface area contributed by atoms with Gasteiger partial charge >= 0.3 is 5.97 Å². The van der Waals surface area contributed by atoms with Crippen LogP contribution in [0.4, 0.5) is 0 Å². The molecule has 13 heavy (non-hydrogen) atoms. The number of carbonyl (C=O) groups excluding carboxylic acids is 2. The van der Waals surface area contributed by atoms with E-state index < -0.39 is 0 Å². The van der Waals surface area contributed by atoms with E-state index >= 15 is 0 Å². The lowest BCUT2D eigenvalue weighted by atomic mass is 10.2. The van der Waals surface area contributed by atoms with E-state index in [1.807, 2.05) is 0 Å². The summed E-state index contributed by atoms with van der Waals surface area (Å²) in [5.74, 6) is -0.164. The Kier molecular flexibility index (Phi) is 7.20. The summed E-state index contributed by atoms with van der Waals surface area (Å²) < 4.78 is 9.49. The summed E-state index contributed by atoms with van der Waals surface area (Å²) in [4.78, 5) is 21.4. The summed E-state index contributed by atoms with van der Waals surface area (Å²) in [6.07, 6.45) is 1.32. The van der Waals surface area contributed by atoms with Gasteiger partial charge in [-0.1, -0.05) is 0 Å². The summed E-state index contributed by atoms with van der Waals surface area (Å²) >= 11 is 0. The number of methoxy groups -OCH3 is 1. The minimum atomic E-state index is -0.265. The lowest BCUT2D eigenvalue weighted by Gasteiger charge is -2.02. The lowest BCUT2D eigenvalue weighted by Crippen LogP contribution is -2.09. The number of hydrogen-bond acceptors (Lipinski definition) is 4. The third kappa shape index (κ3) is 9.01. The van der Waals surface area contributed by atoms with Crippen LogP contribution >= 0.6 is 0 Å². The largest absolute Gasteiger partial charge is 0.463 e. The van der Waals surface area contributed by atoms with Gasteiger partial charge < -0.3 is 14.3 Å². The van der Waals surface area contributed by atoms with Crippen molar-refractivity contribution in [3.63, 3.8) is 0 Å². The maximum absolute atomic E-state index is 10.9. The van der Waals surface area contributed by atoms with Gasteiger partial charge in [-0.05, 0) is 13.3 Å². The molecule has 0 spiro atoms. The highest BCUT2D eigenvalue weighted by atomic mass is 16.6. The molecular weight excluding hydrogens is 172 g/mol. The van der Waals surface area contributed by atoms with Gasteiger partial charge in [0.25, 0.3) is 0 Å². The quantitative estimate of drug-likeness (QED) is 0.440. The van der Waals surface area contributed by atoms with E-state index in [0.29, 0.717) is 25.9 Å². The standard InChI is InChI=1S/C9H16O4/c1-8(10)4-3-5-9(11)13-7-6-12-2/h3-7H2,1-2H3. The van der Waals surface area contributed by atoms with E-state index in [-0.39, 0.29) is 18.4 Å². The first-order valence-electron chi connectivity index (χ1n) is 4.31. The number of rotatable bonds is 7. The van der Waals surface area contributed by atoms with Crippen molar-refractivity contribution < 1.29 is 19.1 Å². The second-order valence-corrected chi connectivity index (χ2v) is 2.77. The van der Waals surface area contributed by atoms with Crippen LogP contribution in [0.2, 0.25) is 0 Å². The van der Waals surface area contributed by atoms with E-state index in [4.69, 9.17) is 9.47 Å². The van der Waals surface area contributed by atoms with Gasteiger partial charge in [0.05, 0.1) is 6.61 Å². The van der Waals surface area contributed by atoms with Crippen molar-refractivity contribution in [3.05, 3.63) is 0 Å². The predicted octanol–water partition coefficient (Wildman–Crippen LogP) is 0.935. The van der Waals surface area contributed by atoms with Crippen LogP contribution in [0.3, 0.4) is 0 Å². The summed E-state index contributed by atoms with van der Waals surface area (Å²) in [7, 11) is 1.55. The van der Waals surface area contributed by atoms with Crippen molar-refractivity contribution in [1.82, 2.24) is 0 Å². The monoisotopic (exact) mass is 188 g/mol. The average Bonchev–Trinajstić information content (AvgIpc) is 2.04. The van der Waals surface area contributed by atoms with E-state index in [9.17, 15) is 9.59 Å². The van der Waals surface area contributed by atoms with Crippen molar-refractivity contribution in [2.75, 3.05) is 20.3 Å². The Balaban J connectivity index is 3.25. The summed E-state index contributed by atoms with van der Waals surface area (Å²) in [5.41, 5.74) is 0. The van der Waals surface area contributed by atoms with E-state index in [1.165, 1.54) is 6.92 Å². The Morgan fingerprint density at radius 2 is 1.85 bits per heavy atom. The van der Waals surface area contributed by atoms with Gasteiger partial charge in [0.15, 0.2) is 0 Å². The molecule has 0 saturated carbocycles. The number of ether oxygens (including phenoxy) is 2. The van der Waals surface area contributed by atoms with Crippen molar-refractivity contribution in [2.45, 2.75) is 26.2 Å². The molecule has 0 heterocycles. The fourth-order valence-electron chi connectivity index (χ4n) is 0.793. The molecular formula is C9H16O4. The second kappa shape index (κ2) is 7.73. The van der Waals surface area contributed by atoms with Gasteiger partial charge in [0.2, 0.25) is 0 Å². The minimum absolute atomic E-state index is 0.102. The summed E-state index contributed by atoms with van der Waals surface area (Å²) in [6.45, 7) is 2.21. The number of carbonyl (C=O) groups is 2. The molecule has 4 nitrogen and oxygen atoms in total. The topological polar surface area (TPSA) is 52.6 Å². The second-order valence-electron chi connectivity index (χ2n) is 2.77. The van der Waals surface area contributed by atoms with Crippen LogP contribution < -0.4 is 0 Å². The van der Waals surface area contributed by atoms with Gasteiger partial charge in [0, 0.05) is 20.0 Å². The molecule has 0 unspecified atom stereocenters. The molecule has 0 radical (unpaired) electrons. The van der Waals surface area contributed by atoms with Gasteiger partial charge in [0.1, 0.15) is 12.4 Å². The molecule has 0 aromatic carbocycles. The first-order chi connectivity index (χ1) is 6.16. The molecule has 0 rings (SSSR count). The van der Waals surface area contributed by atoms with Gasteiger partial charge in [-0.15, -0.1) is 0 Å². The molecule has 0 amide bonds. The van der Waals surface area contributed by atoms with Crippen molar-refractivity contribution >= 4 is 11.8 Å². The highest BCUT2D eigenvalue weighted by Gasteiger charge is 2.02. The molecule has 0 aliphatic carbocycles. The maximum atomic E-state index is 10.9. The third-order valence-electron chi connectivity index (χ3n) is 1.46. The molecule has 0 saturated heterocycles. The van der Waals surface area contributed by atoms with Crippen molar-refractivity contribution in [1.29, 1.82) is 0 Å². The Morgan fingerprint density at radius 1 is 1.15 bits per heavy atom. The number of ketones is 1. The summed E-state index contributed by atoms with van der Waals surface area (Å²) in [6, 6.07) is 0. The van der Waals surface area contributed by atoms with Crippen LogP contribution in [-0.4, -0.2) is 32.1 Å². The average molecular weight is 188 g/mol. The highest BCUT2D eigenvalue weighted by Crippen LogP contribution is 1.98. The number of hydrogen-bond donors (Lipinski definition) is 0. The SMILES string of the molecule is COCCOC(=O)CCCC(C)=O.